The van der Waals surface area contributed by atoms with Crippen LogP contribution in [0.2, 0.25) is 0 Å². The van der Waals surface area contributed by atoms with Crippen LogP contribution in [-0.4, -0.2) is 54.6 Å². The highest BCUT2D eigenvalue weighted by Gasteiger charge is 2.34. The van der Waals surface area contributed by atoms with E-state index in [4.69, 9.17) is 9.15 Å². The van der Waals surface area contributed by atoms with Gasteiger partial charge in [-0.15, -0.1) is 0 Å². The van der Waals surface area contributed by atoms with Gasteiger partial charge in [0.2, 0.25) is 0 Å². The van der Waals surface area contributed by atoms with E-state index in [9.17, 15) is 4.79 Å². The maximum Gasteiger partial charge on any atom is 0.254 e. The van der Waals surface area contributed by atoms with Crippen molar-refractivity contribution in [3.8, 4) is 0 Å². The van der Waals surface area contributed by atoms with E-state index in [0.717, 1.165) is 38.2 Å². The number of piperidine rings is 1. The number of likely N-dealkylation sites (tertiary alicyclic amines) is 1. The van der Waals surface area contributed by atoms with Crippen molar-refractivity contribution >= 4 is 17.2 Å². The maximum absolute atomic E-state index is 12.6. The van der Waals surface area contributed by atoms with Crippen molar-refractivity contribution in [2.24, 2.45) is 5.92 Å². The number of rotatable bonds is 3. The Hall–Kier alpha value is -1.63. The molecule has 0 spiro atoms. The van der Waals surface area contributed by atoms with Crippen LogP contribution in [0.15, 0.2) is 39.8 Å². The van der Waals surface area contributed by atoms with Crippen LogP contribution >= 0.6 is 11.3 Å². The summed E-state index contributed by atoms with van der Waals surface area (Å²) in [6.45, 7) is 4.98. The fraction of sp³-hybridized carbons (Fsp3) is 0.500. The maximum atomic E-state index is 12.6. The number of hydrogen-bond acceptors (Lipinski definition) is 5. The van der Waals surface area contributed by atoms with E-state index in [-0.39, 0.29) is 12.0 Å². The second kappa shape index (κ2) is 7.09. The van der Waals surface area contributed by atoms with Gasteiger partial charge in [-0.3, -0.25) is 9.69 Å². The molecule has 1 amide bonds. The van der Waals surface area contributed by atoms with E-state index in [1.165, 1.54) is 5.56 Å². The summed E-state index contributed by atoms with van der Waals surface area (Å²) in [5, 5.41) is 3.89. The van der Waals surface area contributed by atoms with Gasteiger partial charge in [0.25, 0.3) is 5.91 Å². The number of hydrogen-bond donors (Lipinski definition) is 0. The highest BCUT2D eigenvalue weighted by molar-refractivity contribution is 7.08. The number of fused-ring (bicyclic) bond motifs is 1. The molecule has 2 aromatic heterocycles. The average Bonchev–Trinajstić information content (AvgIpc) is 3.25. The molecule has 2 atom stereocenters. The second-order valence-corrected chi connectivity index (χ2v) is 7.37. The summed E-state index contributed by atoms with van der Waals surface area (Å²) in [5.41, 5.74) is 2.01. The fourth-order valence-electron chi connectivity index (χ4n) is 3.65. The molecule has 6 heteroatoms. The SMILES string of the molecule is O=C(c1ccsc1)N1CCO[C@H]2CN(Cc3ccoc3)CC[C@H]2C1. The molecule has 2 saturated heterocycles. The molecule has 2 aliphatic rings. The summed E-state index contributed by atoms with van der Waals surface area (Å²) >= 11 is 1.57. The third-order valence-electron chi connectivity index (χ3n) is 4.97. The third kappa shape index (κ3) is 3.41. The number of nitrogens with zero attached hydrogens (tertiary/aromatic N) is 2. The van der Waals surface area contributed by atoms with Crippen molar-refractivity contribution < 1.29 is 13.9 Å². The van der Waals surface area contributed by atoms with Gasteiger partial charge in [0.15, 0.2) is 0 Å². The second-order valence-electron chi connectivity index (χ2n) is 6.59. The van der Waals surface area contributed by atoms with Crippen molar-refractivity contribution in [1.82, 2.24) is 9.80 Å². The fourth-order valence-corrected chi connectivity index (χ4v) is 4.28. The highest BCUT2D eigenvalue weighted by Crippen LogP contribution is 2.26. The van der Waals surface area contributed by atoms with Gasteiger partial charge >= 0.3 is 0 Å². The molecule has 0 saturated carbocycles. The van der Waals surface area contributed by atoms with Crippen molar-refractivity contribution in [3.63, 3.8) is 0 Å². The van der Waals surface area contributed by atoms with Crippen LogP contribution in [0.4, 0.5) is 0 Å². The summed E-state index contributed by atoms with van der Waals surface area (Å²) in [5.74, 6) is 0.567. The summed E-state index contributed by atoms with van der Waals surface area (Å²) < 4.78 is 11.3. The molecule has 128 valence electrons. The van der Waals surface area contributed by atoms with Crippen LogP contribution in [-0.2, 0) is 11.3 Å². The van der Waals surface area contributed by atoms with E-state index in [0.29, 0.717) is 19.1 Å². The van der Waals surface area contributed by atoms with Gasteiger partial charge in [-0.05, 0) is 30.5 Å². The smallest absolute Gasteiger partial charge is 0.254 e. The van der Waals surface area contributed by atoms with Gasteiger partial charge in [0.1, 0.15) is 0 Å². The van der Waals surface area contributed by atoms with E-state index in [2.05, 4.69) is 4.90 Å². The molecule has 0 bridgehead atoms. The summed E-state index contributed by atoms with van der Waals surface area (Å²) in [6, 6.07) is 3.92. The summed E-state index contributed by atoms with van der Waals surface area (Å²) in [7, 11) is 0. The Balaban J connectivity index is 1.38. The number of furan rings is 1. The first kappa shape index (κ1) is 15.9. The Morgan fingerprint density at radius 3 is 3.04 bits per heavy atom. The molecule has 0 N–H and O–H groups in total. The molecule has 2 fully saturated rings. The summed E-state index contributed by atoms with van der Waals surface area (Å²) in [4.78, 5) is 17.0. The van der Waals surface area contributed by atoms with Crippen molar-refractivity contribution in [2.75, 3.05) is 32.8 Å². The van der Waals surface area contributed by atoms with Gasteiger partial charge in [0, 0.05) is 43.0 Å². The molecule has 4 heterocycles. The van der Waals surface area contributed by atoms with Crippen LogP contribution in [0.5, 0.6) is 0 Å². The van der Waals surface area contributed by atoms with E-state index >= 15 is 0 Å². The first-order valence-corrected chi connectivity index (χ1v) is 9.40. The Bertz CT molecular complexity index is 656. The van der Waals surface area contributed by atoms with Crippen LogP contribution in [0, 0.1) is 5.92 Å². The van der Waals surface area contributed by atoms with Crippen LogP contribution in [0.25, 0.3) is 0 Å². The molecule has 5 nitrogen and oxygen atoms in total. The van der Waals surface area contributed by atoms with Crippen LogP contribution < -0.4 is 0 Å². The monoisotopic (exact) mass is 346 g/mol. The zero-order chi connectivity index (χ0) is 16.4. The highest BCUT2D eigenvalue weighted by atomic mass is 32.1. The minimum atomic E-state index is 0.140. The Kier molecular flexibility index (Phi) is 4.69. The largest absolute Gasteiger partial charge is 0.472 e. The Morgan fingerprint density at radius 1 is 1.29 bits per heavy atom. The average molecular weight is 346 g/mol. The van der Waals surface area contributed by atoms with E-state index in [1.807, 2.05) is 27.8 Å². The van der Waals surface area contributed by atoms with Crippen molar-refractivity contribution in [1.29, 1.82) is 0 Å². The number of carbonyl (C=O) groups excluding carboxylic acids is 1. The summed E-state index contributed by atoms with van der Waals surface area (Å²) in [6.07, 6.45) is 4.81. The lowest BCUT2D eigenvalue weighted by Gasteiger charge is -2.37. The van der Waals surface area contributed by atoms with Gasteiger partial charge < -0.3 is 14.1 Å². The molecular formula is C18H22N2O3S. The predicted octanol–water partition coefficient (Wildman–Crippen LogP) is 2.70. The van der Waals surface area contributed by atoms with Gasteiger partial charge in [-0.2, -0.15) is 11.3 Å². The zero-order valence-electron chi connectivity index (χ0n) is 13.6. The molecule has 2 aromatic rings. The number of ether oxygens (including phenoxy) is 1. The number of thiophene rings is 1. The number of amides is 1. The molecular weight excluding hydrogens is 324 g/mol. The molecule has 0 aromatic carbocycles. The Morgan fingerprint density at radius 2 is 2.25 bits per heavy atom. The Labute approximate surface area is 145 Å². The van der Waals surface area contributed by atoms with Gasteiger partial charge in [-0.1, -0.05) is 0 Å². The lowest BCUT2D eigenvalue weighted by molar-refractivity contribution is -0.0241. The van der Waals surface area contributed by atoms with Crippen LogP contribution in [0.3, 0.4) is 0 Å². The van der Waals surface area contributed by atoms with Gasteiger partial charge in [0.05, 0.1) is 30.8 Å². The quantitative estimate of drug-likeness (QED) is 0.857. The molecule has 2 aliphatic heterocycles. The lowest BCUT2D eigenvalue weighted by atomic mass is 9.93. The first-order valence-electron chi connectivity index (χ1n) is 8.46. The normalized spacial score (nSPS) is 25.2. The number of carbonyl (C=O) groups is 1. The lowest BCUT2D eigenvalue weighted by Crippen LogP contribution is -2.47. The molecule has 0 radical (unpaired) electrons. The zero-order valence-corrected chi connectivity index (χ0v) is 14.4. The predicted molar refractivity (Wildman–Crippen MR) is 92.1 cm³/mol. The molecule has 0 aliphatic carbocycles. The third-order valence-corrected chi connectivity index (χ3v) is 5.65. The van der Waals surface area contributed by atoms with Crippen molar-refractivity contribution in [3.05, 3.63) is 46.5 Å². The van der Waals surface area contributed by atoms with Gasteiger partial charge in [-0.25, -0.2) is 0 Å². The van der Waals surface area contributed by atoms with Crippen molar-refractivity contribution in [2.45, 2.75) is 19.1 Å². The van der Waals surface area contributed by atoms with E-state index in [1.54, 1.807) is 23.9 Å². The minimum Gasteiger partial charge on any atom is -0.472 e. The van der Waals surface area contributed by atoms with E-state index < -0.39 is 0 Å². The molecule has 24 heavy (non-hydrogen) atoms. The topological polar surface area (TPSA) is 45.9 Å². The standard InChI is InChI=1S/C18H22N2O3S/c21-18(16-3-8-24-13-16)20-5-7-23-17-11-19(4-1-15(17)10-20)9-14-2-6-22-12-14/h2-3,6,8,12-13,15,17H,1,4-5,7,9-11H2/t15-,17-/m0/s1. The van der Waals surface area contributed by atoms with Crippen LogP contribution in [0.1, 0.15) is 22.3 Å². The molecule has 4 rings (SSSR count). The molecule has 0 unspecified atom stereocenters. The minimum absolute atomic E-state index is 0.140. The first-order chi connectivity index (χ1) is 11.8.